The number of imidazole rings is 1. The van der Waals surface area contributed by atoms with Crippen LogP contribution in [0.2, 0.25) is 0 Å². The van der Waals surface area contributed by atoms with E-state index in [9.17, 15) is 0 Å². The Morgan fingerprint density at radius 3 is 1.98 bits per heavy atom. The summed E-state index contributed by atoms with van der Waals surface area (Å²) in [7, 11) is 0. The first-order valence-electron chi connectivity index (χ1n) is 14.5. The van der Waals surface area contributed by atoms with Crippen LogP contribution in [0.15, 0.2) is 140 Å². The maximum Gasteiger partial charge on any atom is 0.145 e. The highest BCUT2D eigenvalue weighted by Crippen LogP contribution is 2.45. The van der Waals surface area contributed by atoms with Crippen molar-refractivity contribution in [1.29, 1.82) is 0 Å². The number of hydrogen-bond donors (Lipinski definition) is 0. The monoisotopic (exact) mass is 549 g/mol. The van der Waals surface area contributed by atoms with Gasteiger partial charge in [-0.25, -0.2) is 4.98 Å². The molecule has 0 saturated carbocycles. The molecular formula is C38H23N5. The summed E-state index contributed by atoms with van der Waals surface area (Å²) >= 11 is 0. The zero-order valence-corrected chi connectivity index (χ0v) is 23.0. The van der Waals surface area contributed by atoms with Crippen LogP contribution in [-0.2, 0) is 0 Å². The molecule has 0 spiro atoms. The summed E-state index contributed by atoms with van der Waals surface area (Å²) in [5, 5.41) is 8.31. The first kappa shape index (κ1) is 22.7. The number of nitrogens with zero attached hydrogens (tertiary/aromatic N) is 5. The molecule has 0 radical (unpaired) electrons. The van der Waals surface area contributed by atoms with E-state index in [-0.39, 0.29) is 0 Å². The van der Waals surface area contributed by atoms with Crippen molar-refractivity contribution in [2.24, 2.45) is 0 Å². The highest BCUT2D eigenvalue weighted by atomic mass is 15.0. The maximum atomic E-state index is 4.75. The topological polar surface area (TPSA) is 40.1 Å². The van der Waals surface area contributed by atoms with Crippen LogP contribution >= 0.6 is 0 Å². The van der Waals surface area contributed by atoms with Crippen LogP contribution in [0.4, 0.5) is 0 Å². The average Bonchev–Trinajstić information content (AvgIpc) is 3.78. The van der Waals surface area contributed by atoms with Crippen LogP contribution in [0.3, 0.4) is 0 Å². The normalized spacial score (nSPS) is 12.2. The number of hydrogen-bond acceptors (Lipinski definition) is 2. The second kappa shape index (κ2) is 8.30. The molecule has 10 aromatic rings. The van der Waals surface area contributed by atoms with Gasteiger partial charge in [0.1, 0.15) is 5.65 Å². The van der Waals surface area contributed by atoms with Gasteiger partial charge in [0.15, 0.2) is 0 Å². The predicted molar refractivity (Wildman–Crippen MR) is 177 cm³/mol. The van der Waals surface area contributed by atoms with Gasteiger partial charge in [0.2, 0.25) is 0 Å². The summed E-state index contributed by atoms with van der Waals surface area (Å²) in [4.78, 5) is 9.37. The fraction of sp³-hybridized carbons (Fsp3) is 0. The molecule has 0 N–H and O–H groups in total. The van der Waals surface area contributed by atoms with Gasteiger partial charge in [0.05, 0.1) is 27.6 Å². The summed E-state index contributed by atoms with van der Waals surface area (Å²) in [5.41, 5.74) is 9.08. The molecule has 0 atom stereocenters. The van der Waals surface area contributed by atoms with Crippen molar-refractivity contribution < 1.29 is 0 Å². The number of aromatic nitrogens is 5. The van der Waals surface area contributed by atoms with Gasteiger partial charge in [-0.15, -0.1) is 0 Å². The van der Waals surface area contributed by atoms with E-state index in [1.54, 1.807) is 0 Å². The van der Waals surface area contributed by atoms with Gasteiger partial charge in [0.25, 0.3) is 0 Å². The maximum absolute atomic E-state index is 4.75. The SMILES string of the molecule is c1ccc(-n2c3ccc4c(c5cnccc5c5nccn45)c3c3c2ccc2c4ccccc4n(-c4ccccc4)c23)cc1. The fourth-order valence-corrected chi connectivity index (χ4v) is 7.29. The summed E-state index contributed by atoms with van der Waals surface area (Å²) in [5.74, 6) is 0. The second-order valence-corrected chi connectivity index (χ2v) is 11.1. The molecule has 0 aliphatic carbocycles. The molecule has 43 heavy (non-hydrogen) atoms. The quantitative estimate of drug-likeness (QED) is 0.202. The molecule has 5 heterocycles. The zero-order valence-electron chi connectivity index (χ0n) is 23.0. The summed E-state index contributed by atoms with van der Waals surface area (Å²) < 4.78 is 7.07. The zero-order chi connectivity index (χ0) is 28.1. The molecule has 0 aliphatic rings. The molecular weight excluding hydrogens is 526 g/mol. The van der Waals surface area contributed by atoms with E-state index in [1.807, 2.05) is 18.6 Å². The Labute approximate surface area is 245 Å². The Morgan fingerprint density at radius 1 is 0.442 bits per heavy atom. The minimum atomic E-state index is 0.944. The van der Waals surface area contributed by atoms with Crippen molar-refractivity contribution in [3.05, 3.63) is 140 Å². The lowest BCUT2D eigenvalue weighted by Crippen LogP contribution is -1.95. The Balaban J connectivity index is 1.57. The van der Waals surface area contributed by atoms with E-state index in [1.165, 1.54) is 43.5 Å². The van der Waals surface area contributed by atoms with Crippen LogP contribution in [0.5, 0.6) is 0 Å². The molecule has 5 aromatic heterocycles. The molecule has 200 valence electrons. The Kier molecular flexibility index (Phi) is 4.39. The summed E-state index contributed by atoms with van der Waals surface area (Å²) in [6.07, 6.45) is 7.82. The number of fused-ring (bicyclic) bond motifs is 14. The van der Waals surface area contributed by atoms with E-state index in [2.05, 4.69) is 140 Å². The minimum absolute atomic E-state index is 0.944. The van der Waals surface area contributed by atoms with Gasteiger partial charge in [0, 0.05) is 73.9 Å². The van der Waals surface area contributed by atoms with E-state index in [4.69, 9.17) is 4.98 Å². The third-order valence-corrected chi connectivity index (χ3v) is 8.97. The number of pyridine rings is 2. The summed E-state index contributed by atoms with van der Waals surface area (Å²) in [6.45, 7) is 0. The Hall–Kier alpha value is -5.94. The standard InChI is InChI=1S/C38H23N5/c1-3-9-24(10-4-1)42-32-18-17-31-34(29-23-39-20-19-28(29)38-40-21-22-41(31)38)35(32)36-33(42)16-15-27-26-13-7-8-14-30(26)43(37(27)36)25-11-5-2-6-12-25/h1-23H. The molecule has 5 heteroatoms. The van der Waals surface area contributed by atoms with Crippen LogP contribution in [0, 0.1) is 0 Å². The lowest BCUT2D eigenvalue weighted by Gasteiger charge is -2.11. The van der Waals surface area contributed by atoms with Crippen LogP contribution in [-0.4, -0.2) is 23.5 Å². The van der Waals surface area contributed by atoms with Gasteiger partial charge in [-0.1, -0.05) is 60.7 Å². The van der Waals surface area contributed by atoms with Crippen LogP contribution < -0.4 is 0 Å². The molecule has 0 saturated heterocycles. The lowest BCUT2D eigenvalue weighted by atomic mass is 10.0. The fourth-order valence-electron chi connectivity index (χ4n) is 7.29. The molecule has 0 fully saturated rings. The van der Waals surface area contributed by atoms with Crippen molar-refractivity contribution in [3.63, 3.8) is 0 Å². The van der Waals surface area contributed by atoms with Crippen molar-refractivity contribution in [2.75, 3.05) is 0 Å². The number of rotatable bonds is 2. The van der Waals surface area contributed by atoms with Crippen molar-refractivity contribution >= 4 is 70.9 Å². The van der Waals surface area contributed by atoms with E-state index in [0.29, 0.717) is 0 Å². The molecule has 5 nitrogen and oxygen atoms in total. The van der Waals surface area contributed by atoms with Gasteiger partial charge in [-0.3, -0.25) is 9.38 Å². The van der Waals surface area contributed by atoms with E-state index in [0.717, 1.165) is 38.8 Å². The van der Waals surface area contributed by atoms with Gasteiger partial charge >= 0.3 is 0 Å². The minimum Gasteiger partial charge on any atom is -0.309 e. The second-order valence-electron chi connectivity index (χ2n) is 11.1. The highest BCUT2D eigenvalue weighted by Gasteiger charge is 2.23. The van der Waals surface area contributed by atoms with E-state index < -0.39 is 0 Å². The molecule has 0 unspecified atom stereocenters. The predicted octanol–water partition coefficient (Wildman–Crippen LogP) is 9.23. The van der Waals surface area contributed by atoms with Gasteiger partial charge in [-0.2, -0.15) is 0 Å². The van der Waals surface area contributed by atoms with Crippen LogP contribution in [0.25, 0.3) is 82.3 Å². The van der Waals surface area contributed by atoms with E-state index >= 15 is 0 Å². The molecule has 0 aliphatic heterocycles. The van der Waals surface area contributed by atoms with Crippen LogP contribution in [0.1, 0.15) is 0 Å². The number of para-hydroxylation sites is 3. The molecule has 5 aromatic carbocycles. The lowest BCUT2D eigenvalue weighted by molar-refractivity contribution is 1.17. The third-order valence-electron chi connectivity index (χ3n) is 8.97. The molecule has 10 rings (SSSR count). The smallest absolute Gasteiger partial charge is 0.145 e. The van der Waals surface area contributed by atoms with Crippen molar-refractivity contribution in [1.82, 2.24) is 23.5 Å². The highest BCUT2D eigenvalue weighted by molar-refractivity contribution is 6.34. The van der Waals surface area contributed by atoms with Gasteiger partial charge < -0.3 is 9.13 Å². The number of benzene rings is 5. The first-order chi connectivity index (χ1) is 21.4. The van der Waals surface area contributed by atoms with Crippen molar-refractivity contribution in [3.8, 4) is 11.4 Å². The average molecular weight is 550 g/mol. The summed E-state index contributed by atoms with van der Waals surface area (Å²) in [6, 6.07) is 41.4. The Morgan fingerprint density at radius 2 is 1.14 bits per heavy atom. The molecule has 0 amide bonds. The third kappa shape index (κ3) is 2.90. The van der Waals surface area contributed by atoms with Gasteiger partial charge in [-0.05, 0) is 54.6 Å². The molecule has 0 bridgehead atoms. The Bertz CT molecular complexity index is 2710. The largest absolute Gasteiger partial charge is 0.309 e. The van der Waals surface area contributed by atoms with Crippen molar-refractivity contribution in [2.45, 2.75) is 0 Å². The first-order valence-corrected chi connectivity index (χ1v) is 14.5.